The summed E-state index contributed by atoms with van der Waals surface area (Å²) in [6.45, 7) is 10.4. The van der Waals surface area contributed by atoms with Crippen molar-refractivity contribution in [2.45, 2.75) is 33.2 Å². The Morgan fingerprint density at radius 3 is 3.00 bits per heavy atom. The summed E-state index contributed by atoms with van der Waals surface area (Å²) in [4.78, 5) is 6.83. The Morgan fingerprint density at radius 1 is 1.47 bits per heavy atom. The molecule has 0 saturated carbocycles. The molecular weight excluding hydrogens is 234 g/mol. The molecule has 3 heteroatoms. The lowest BCUT2D eigenvalue weighted by atomic mass is 10.1. The van der Waals surface area contributed by atoms with Gasteiger partial charge >= 0.3 is 0 Å². The summed E-state index contributed by atoms with van der Waals surface area (Å²) in [5.74, 6) is 1.60. The van der Waals surface area contributed by atoms with Crippen LogP contribution in [0.1, 0.15) is 32.3 Å². The summed E-state index contributed by atoms with van der Waals surface area (Å²) in [6, 6.07) is 4.22. The van der Waals surface area contributed by atoms with Crippen LogP contribution in [0.4, 0.5) is 0 Å². The van der Waals surface area contributed by atoms with Gasteiger partial charge in [-0.25, -0.2) is 0 Å². The fourth-order valence-corrected chi connectivity index (χ4v) is 2.66. The number of hydrogen-bond acceptors (Lipinski definition) is 3. The van der Waals surface area contributed by atoms with E-state index < -0.39 is 0 Å². The van der Waals surface area contributed by atoms with Crippen LogP contribution in [-0.2, 0) is 6.54 Å². The van der Waals surface area contributed by atoms with E-state index >= 15 is 0 Å². The largest absolute Gasteiger partial charge is 0.316 e. The summed E-state index contributed by atoms with van der Waals surface area (Å²) < 4.78 is 0. The van der Waals surface area contributed by atoms with Crippen molar-refractivity contribution < 1.29 is 0 Å². The average molecular weight is 261 g/mol. The normalized spacial score (nSPS) is 19.5. The van der Waals surface area contributed by atoms with Gasteiger partial charge in [0, 0.05) is 25.5 Å². The van der Waals surface area contributed by atoms with Gasteiger partial charge in [-0.1, -0.05) is 19.9 Å². The van der Waals surface area contributed by atoms with Gasteiger partial charge in [0.2, 0.25) is 0 Å². The van der Waals surface area contributed by atoms with E-state index in [1.807, 2.05) is 18.5 Å². The molecule has 1 aromatic heterocycles. The summed E-state index contributed by atoms with van der Waals surface area (Å²) >= 11 is 0. The predicted octanol–water partition coefficient (Wildman–Crippen LogP) is 2.54. The lowest BCUT2D eigenvalue weighted by Crippen LogP contribution is -2.31. The first-order valence-corrected chi connectivity index (χ1v) is 7.56. The van der Waals surface area contributed by atoms with Crippen molar-refractivity contribution in [3.05, 3.63) is 30.1 Å². The van der Waals surface area contributed by atoms with Crippen LogP contribution in [0.2, 0.25) is 0 Å². The van der Waals surface area contributed by atoms with Crippen molar-refractivity contribution in [1.82, 2.24) is 15.2 Å². The van der Waals surface area contributed by atoms with Gasteiger partial charge in [-0.3, -0.25) is 9.88 Å². The zero-order valence-corrected chi connectivity index (χ0v) is 12.3. The molecule has 0 amide bonds. The van der Waals surface area contributed by atoms with Gasteiger partial charge in [0.15, 0.2) is 0 Å². The number of nitrogens with one attached hydrogen (secondary N) is 1. The Hall–Kier alpha value is -0.930. The van der Waals surface area contributed by atoms with Crippen molar-refractivity contribution in [3.63, 3.8) is 0 Å². The van der Waals surface area contributed by atoms with Crippen molar-refractivity contribution in [2.24, 2.45) is 11.8 Å². The molecular formula is C16H27N3. The first-order chi connectivity index (χ1) is 9.24. The highest BCUT2D eigenvalue weighted by atomic mass is 15.1. The molecule has 1 N–H and O–H groups in total. The zero-order valence-electron chi connectivity index (χ0n) is 12.3. The molecule has 1 aromatic rings. The molecule has 3 nitrogen and oxygen atoms in total. The maximum absolute atomic E-state index is 4.23. The van der Waals surface area contributed by atoms with Crippen LogP contribution < -0.4 is 5.32 Å². The fourth-order valence-electron chi connectivity index (χ4n) is 2.66. The topological polar surface area (TPSA) is 28.2 Å². The van der Waals surface area contributed by atoms with Crippen molar-refractivity contribution in [2.75, 3.05) is 26.2 Å². The van der Waals surface area contributed by atoms with Gasteiger partial charge in [0.1, 0.15) is 0 Å². The van der Waals surface area contributed by atoms with Crippen molar-refractivity contribution in [1.29, 1.82) is 0 Å². The molecule has 0 aliphatic carbocycles. The highest BCUT2D eigenvalue weighted by molar-refractivity contribution is 5.08. The third kappa shape index (κ3) is 5.29. The first-order valence-electron chi connectivity index (χ1n) is 7.56. The molecule has 2 heterocycles. The number of rotatable bonds is 7. The Labute approximate surface area is 117 Å². The molecule has 0 bridgehead atoms. The Bertz CT molecular complexity index is 344. The van der Waals surface area contributed by atoms with E-state index in [1.54, 1.807) is 0 Å². The number of hydrogen-bond donors (Lipinski definition) is 1. The summed E-state index contributed by atoms with van der Waals surface area (Å²) in [5, 5.41) is 3.47. The second-order valence-corrected chi connectivity index (χ2v) is 6.14. The van der Waals surface area contributed by atoms with Gasteiger partial charge in [-0.2, -0.15) is 0 Å². The summed E-state index contributed by atoms with van der Waals surface area (Å²) in [6.07, 6.45) is 6.45. The van der Waals surface area contributed by atoms with E-state index in [0.717, 1.165) is 18.4 Å². The molecule has 0 spiro atoms. The third-order valence-electron chi connectivity index (χ3n) is 3.83. The van der Waals surface area contributed by atoms with E-state index in [2.05, 4.69) is 35.1 Å². The summed E-state index contributed by atoms with van der Waals surface area (Å²) in [7, 11) is 0. The minimum absolute atomic E-state index is 0.776. The third-order valence-corrected chi connectivity index (χ3v) is 3.83. The zero-order chi connectivity index (χ0) is 13.5. The average Bonchev–Trinajstić information content (AvgIpc) is 2.90. The van der Waals surface area contributed by atoms with Gasteiger partial charge < -0.3 is 5.32 Å². The van der Waals surface area contributed by atoms with Crippen molar-refractivity contribution >= 4 is 0 Å². The van der Waals surface area contributed by atoms with Crippen LogP contribution in [-0.4, -0.2) is 36.1 Å². The Morgan fingerprint density at radius 2 is 2.37 bits per heavy atom. The number of nitrogens with zero attached hydrogens (tertiary/aromatic N) is 2. The standard InChI is InChI=1S/C16H27N3/c1-14(2)6-9-19(13-16-5-8-18-11-16)12-15-4-3-7-17-10-15/h3-4,7,10,14,16,18H,5-6,8-9,11-13H2,1-2H3/t16-/m0/s1. The van der Waals surface area contributed by atoms with Gasteiger partial charge in [-0.15, -0.1) is 0 Å². The molecule has 19 heavy (non-hydrogen) atoms. The van der Waals surface area contributed by atoms with Gasteiger partial charge in [0.25, 0.3) is 0 Å². The van der Waals surface area contributed by atoms with Gasteiger partial charge in [0.05, 0.1) is 0 Å². The van der Waals surface area contributed by atoms with Crippen LogP contribution in [0.15, 0.2) is 24.5 Å². The van der Waals surface area contributed by atoms with Crippen LogP contribution in [0.5, 0.6) is 0 Å². The van der Waals surface area contributed by atoms with Crippen LogP contribution >= 0.6 is 0 Å². The minimum atomic E-state index is 0.776. The van der Waals surface area contributed by atoms with E-state index in [9.17, 15) is 0 Å². The lowest BCUT2D eigenvalue weighted by Gasteiger charge is -2.26. The van der Waals surface area contributed by atoms with E-state index in [4.69, 9.17) is 0 Å². The Kier molecular flexibility index (Phi) is 5.80. The van der Waals surface area contributed by atoms with Gasteiger partial charge in [-0.05, 0) is 55.9 Å². The van der Waals surface area contributed by atoms with E-state index in [1.165, 1.54) is 44.6 Å². The van der Waals surface area contributed by atoms with E-state index in [-0.39, 0.29) is 0 Å². The molecule has 1 aliphatic rings. The van der Waals surface area contributed by atoms with Crippen molar-refractivity contribution in [3.8, 4) is 0 Å². The second-order valence-electron chi connectivity index (χ2n) is 6.14. The molecule has 2 rings (SSSR count). The molecule has 0 radical (unpaired) electrons. The predicted molar refractivity (Wildman–Crippen MR) is 79.9 cm³/mol. The number of pyridine rings is 1. The monoisotopic (exact) mass is 261 g/mol. The smallest absolute Gasteiger partial charge is 0.0312 e. The molecule has 106 valence electrons. The molecule has 1 saturated heterocycles. The second kappa shape index (κ2) is 7.61. The summed E-state index contributed by atoms with van der Waals surface area (Å²) in [5.41, 5.74) is 1.33. The maximum Gasteiger partial charge on any atom is 0.0312 e. The minimum Gasteiger partial charge on any atom is -0.316 e. The van der Waals surface area contributed by atoms with E-state index in [0.29, 0.717) is 0 Å². The molecule has 0 aromatic carbocycles. The lowest BCUT2D eigenvalue weighted by molar-refractivity contribution is 0.217. The fraction of sp³-hybridized carbons (Fsp3) is 0.688. The highest BCUT2D eigenvalue weighted by Gasteiger charge is 2.18. The quantitative estimate of drug-likeness (QED) is 0.817. The van der Waals surface area contributed by atoms with Crippen LogP contribution in [0, 0.1) is 11.8 Å². The first kappa shape index (κ1) is 14.5. The molecule has 1 atom stereocenters. The molecule has 0 unspecified atom stereocenters. The molecule has 1 fully saturated rings. The number of aromatic nitrogens is 1. The highest BCUT2D eigenvalue weighted by Crippen LogP contribution is 2.14. The molecule has 1 aliphatic heterocycles. The van der Waals surface area contributed by atoms with Crippen LogP contribution in [0.3, 0.4) is 0 Å². The SMILES string of the molecule is CC(C)CCN(Cc1cccnc1)C[C@H]1CCNC1. The maximum atomic E-state index is 4.23. The van der Waals surface area contributed by atoms with Crippen LogP contribution in [0.25, 0.3) is 0 Å². The Balaban J connectivity index is 1.88.